The monoisotopic (exact) mass is 235 g/mol. The van der Waals surface area contributed by atoms with Gasteiger partial charge in [0, 0.05) is 5.69 Å². The third kappa shape index (κ3) is 1.67. The standard InChI is InChI=1S/C12H14ClN3/c1-7-8(2)15-16(9(7)3)10-4-5-12(14)11(13)6-10/h4-6H,14H2,1-3H3. The number of anilines is 1. The van der Waals surface area contributed by atoms with E-state index in [2.05, 4.69) is 12.0 Å². The Balaban J connectivity index is 2.59. The van der Waals surface area contributed by atoms with Gasteiger partial charge < -0.3 is 5.73 Å². The molecule has 0 spiro atoms. The molecule has 0 radical (unpaired) electrons. The second-order valence-electron chi connectivity index (χ2n) is 3.91. The van der Waals surface area contributed by atoms with Gasteiger partial charge in [0.1, 0.15) is 0 Å². The molecule has 1 aromatic heterocycles. The minimum absolute atomic E-state index is 0.558. The van der Waals surface area contributed by atoms with Crippen molar-refractivity contribution in [2.75, 3.05) is 5.73 Å². The molecular formula is C12H14ClN3. The van der Waals surface area contributed by atoms with Crippen LogP contribution in [0.15, 0.2) is 18.2 Å². The van der Waals surface area contributed by atoms with E-state index in [1.165, 1.54) is 5.56 Å². The highest BCUT2D eigenvalue weighted by atomic mass is 35.5. The highest BCUT2D eigenvalue weighted by Gasteiger charge is 2.09. The normalized spacial score (nSPS) is 10.8. The highest BCUT2D eigenvalue weighted by molar-refractivity contribution is 6.33. The SMILES string of the molecule is Cc1nn(-c2ccc(N)c(Cl)c2)c(C)c1C. The summed E-state index contributed by atoms with van der Waals surface area (Å²) >= 11 is 6.00. The molecule has 2 N–H and O–H groups in total. The van der Waals surface area contributed by atoms with E-state index < -0.39 is 0 Å². The number of rotatable bonds is 1. The third-order valence-corrected chi connectivity index (χ3v) is 3.21. The quantitative estimate of drug-likeness (QED) is 0.773. The van der Waals surface area contributed by atoms with Crippen LogP contribution in [0.4, 0.5) is 5.69 Å². The Bertz CT molecular complexity index is 543. The fourth-order valence-electron chi connectivity index (χ4n) is 1.62. The van der Waals surface area contributed by atoms with Crippen LogP contribution in [0.2, 0.25) is 5.02 Å². The zero-order chi connectivity index (χ0) is 11.9. The van der Waals surface area contributed by atoms with Crippen molar-refractivity contribution < 1.29 is 0 Å². The van der Waals surface area contributed by atoms with Crippen LogP contribution in [0.3, 0.4) is 0 Å². The molecule has 1 heterocycles. The Morgan fingerprint density at radius 2 is 1.94 bits per heavy atom. The van der Waals surface area contributed by atoms with E-state index in [1.54, 1.807) is 6.07 Å². The van der Waals surface area contributed by atoms with E-state index in [1.807, 2.05) is 30.7 Å². The molecule has 1 aromatic carbocycles. The van der Waals surface area contributed by atoms with Crippen LogP contribution in [0.5, 0.6) is 0 Å². The molecule has 0 aliphatic carbocycles. The van der Waals surface area contributed by atoms with Gasteiger partial charge in [0.2, 0.25) is 0 Å². The van der Waals surface area contributed by atoms with Crippen molar-refractivity contribution in [1.29, 1.82) is 0 Å². The number of benzene rings is 1. The van der Waals surface area contributed by atoms with Crippen molar-refractivity contribution in [2.45, 2.75) is 20.8 Å². The van der Waals surface area contributed by atoms with Gasteiger partial charge in [0.05, 0.1) is 22.1 Å². The number of hydrogen-bond acceptors (Lipinski definition) is 2. The maximum atomic E-state index is 6.00. The molecule has 0 saturated carbocycles. The predicted octanol–water partition coefficient (Wildman–Crippen LogP) is 3.03. The van der Waals surface area contributed by atoms with Gasteiger partial charge in [0.25, 0.3) is 0 Å². The Morgan fingerprint density at radius 3 is 2.44 bits per heavy atom. The molecule has 84 valence electrons. The van der Waals surface area contributed by atoms with Gasteiger partial charge >= 0.3 is 0 Å². The molecule has 0 bridgehead atoms. The first-order chi connectivity index (χ1) is 7.50. The van der Waals surface area contributed by atoms with Crippen molar-refractivity contribution in [3.05, 3.63) is 40.2 Å². The molecule has 2 rings (SSSR count). The van der Waals surface area contributed by atoms with E-state index in [0.29, 0.717) is 10.7 Å². The lowest BCUT2D eigenvalue weighted by Gasteiger charge is -2.06. The molecule has 4 heteroatoms. The zero-order valence-corrected chi connectivity index (χ0v) is 10.3. The summed E-state index contributed by atoms with van der Waals surface area (Å²) in [6.07, 6.45) is 0. The number of nitrogen functional groups attached to an aromatic ring is 1. The van der Waals surface area contributed by atoms with E-state index in [9.17, 15) is 0 Å². The van der Waals surface area contributed by atoms with Crippen LogP contribution in [-0.4, -0.2) is 9.78 Å². The Kier molecular flexibility index (Phi) is 2.64. The third-order valence-electron chi connectivity index (χ3n) is 2.88. The maximum Gasteiger partial charge on any atom is 0.0665 e. The number of aromatic nitrogens is 2. The van der Waals surface area contributed by atoms with Crippen LogP contribution < -0.4 is 5.73 Å². The minimum Gasteiger partial charge on any atom is -0.398 e. The largest absolute Gasteiger partial charge is 0.398 e. The summed E-state index contributed by atoms with van der Waals surface area (Å²) in [4.78, 5) is 0. The lowest BCUT2D eigenvalue weighted by molar-refractivity contribution is 0.833. The predicted molar refractivity (Wildman–Crippen MR) is 67.2 cm³/mol. The Hall–Kier alpha value is -1.48. The first-order valence-electron chi connectivity index (χ1n) is 5.09. The lowest BCUT2D eigenvalue weighted by atomic mass is 10.2. The van der Waals surface area contributed by atoms with Crippen molar-refractivity contribution in [1.82, 2.24) is 9.78 Å². The van der Waals surface area contributed by atoms with E-state index in [4.69, 9.17) is 17.3 Å². The maximum absolute atomic E-state index is 6.00. The highest BCUT2D eigenvalue weighted by Crippen LogP contribution is 2.23. The Morgan fingerprint density at radius 1 is 1.25 bits per heavy atom. The minimum atomic E-state index is 0.558. The lowest BCUT2D eigenvalue weighted by Crippen LogP contribution is -2.00. The van der Waals surface area contributed by atoms with Gasteiger partial charge in [-0.25, -0.2) is 4.68 Å². The molecule has 0 fully saturated rings. The first-order valence-corrected chi connectivity index (χ1v) is 5.46. The van der Waals surface area contributed by atoms with Crippen LogP contribution in [0.1, 0.15) is 17.0 Å². The molecule has 0 amide bonds. The summed E-state index contributed by atoms with van der Waals surface area (Å²) in [5, 5.41) is 5.03. The average Bonchev–Trinajstić information content (AvgIpc) is 2.50. The smallest absolute Gasteiger partial charge is 0.0665 e. The van der Waals surface area contributed by atoms with Gasteiger partial charge in [-0.2, -0.15) is 5.10 Å². The number of nitrogens with zero attached hydrogens (tertiary/aromatic N) is 2. The van der Waals surface area contributed by atoms with Crippen LogP contribution >= 0.6 is 11.6 Å². The molecule has 2 aromatic rings. The fourth-order valence-corrected chi connectivity index (χ4v) is 1.79. The van der Waals surface area contributed by atoms with Crippen molar-refractivity contribution in [3.8, 4) is 5.69 Å². The molecule has 0 aliphatic rings. The number of halogens is 1. The van der Waals surface area contributed by atoms with Crippen LogP contribution in [-0.2, 0) is 0 Å². The van der Waals surface area contributed by atoms with Gasteiger partial charge in [-0.1, -0.05) is 11.6 Å². The molecule has 16 heavy (non-hydrogen) atoms. The molecule has 0 aliphatic heterocycles. The topological polar surface area (TPSA) is 43.8 Å². The molecule has 0 unspecified atom stereocenters. The first kappa shape index (κ1) is 11.0. The number of hydrogen-bond donors (Lipinski definition) is 1. The summed E-state index contributed by atoms with van der Waals surface area (Å²) in [6, 6.07) is 5.54. The second-order valence-corrected chi connectivity index (χ2v) is 4.32. The van der Waals surface area contributed by atoms with E-state index >= 15 is 0 Å². The summed E-state index contributed by atoms with van der Waals surface area (Å²) in [5.41, 5.74) is 10.6. The number of nitrogens with two attached hydrogens (primary N) is 1. The number of aryl methyl sites for hydroxylation is 1. The second kappa shape index (κ2) is 3.83. The molecule has 3 nitrogen and oxygen atoms in total. The summed E-state index contributed by atoms with van der Waals surface area (Å²) < 4.78 is 1.88. The average molecular weight is 236 g/mol. The van der Waals surface area contributed by atoms with Gasteiger partial charge in [0.15, 0.2) is 0 Å². The van der Waals surface area contributed by atoms with Crippen molar-refractivity contribution in [3.63, 3.8) is 0 Å². The molecule has 0 atom stereocenters. The van der Waals surface area contributed by atoms with E-state index in [0.717, 1.165) is 17.1 Å². The fraction of sp³-hybridized carbons (Fsp3) is 0.250. The molecule has 0 saturated heterocycles. The molecular weight excluding hydrogens is 222 g/mol. The van der Waals surface area contributed by atoms with Crippen molar-refractivity contribution >= 4 is 17.3 Å². The van der Waals surface area contributed by atoms with Crippen molar-refractivity contribution in [2.24, 2.45) is 0 Å². The summed E-state index contributed by atoms with van der Waals surface area (Å²) in [5.74, 6) is 0. The summed E-state index contributed by atoms with van der Waals surface area (Å²) in [6.45, 7) is 6.10. The van der Waals surface area contributed by atoms with Crippen LogP contribution in [0.25, 0.3) is 5.69 Å². The van der Waals surface area contributed by atoms with Crippen LogP contribution in [0, 0.1) is 20.8 Å². The van der Waals surface area contributed by atoms with Gasteiger partial charge in [-0.05, 0) is 44.5 Å². The zero-order valence-electron chi connectivity index (χ0n) is 9.58. The van der Waals surface area contributed by atoms with Gasteiger partial charge in [-0.3, -0.25) is 0 Å². The van der Waals surface area contributed by atoms with Gasteiger partial charge in [-0.15, -0.1) is 0 Å². The summed E-state index contributed by atoms with van der Waals surface area (Å²) in [7, 11) is 0. The Labute approximate surface area is 99.8 Å². The van der Waals surface area contributed by atoms with E-state index in [-0.39, 0.29) is 0 Å².